The quantitative estimate of drug-likeness (QED) is 0.632. The maximum Gasteiger partial charge on any atom is 0.214 e. The van der Waals surface area contributed by atoms with Crippen LogP contribution in [0.3, 0.4) is 0 Å². The van der Waals surface area contributed by atoms with Gasteiger partial charge in [0.2, 0.25) is 10.0 Å². The van der Waals surface area contributed by atoms with Gasteiger partial charge >= 0.3 is 0 Å². The molecule has 0 saturated carbocycles. The number of methoxy groups -OCH3 is 1. The average molecular weight is 236 g/mol. The van der Waals surface area contributed by atoms with Crippen LogP contribution in [0.4, 0.5) is 0 Å². The largest absolute Gasteiger partial charge is 0.383 e. The van der Waals surface area contributed by atoms with Crippen molar-refractivity contribution in [3.63, 3.8) is 0 Å². The third-order valence-corrected chi connectivity index (χ3v) is 4.53. The van der Waals surface area contributed by atoms with Gasteiger partial charge in [-0.3, -0.25) is 0 Å². The lowest BCUT2D eigenvalue weighted by molar-refractivity contribution is 0.199. The molecule has 0 aromatic rings. The predicted molar refractivity (Wildman–Crippen MR) is 59.3 cm³/mol. The van der Waals surface area contributed by atoms with Crippen molar-refractivity contribution >= 4 is 10.0 Å². The fourth-order valence-electron chi connectivity index (χ4n) is 1.71. The van der Waals surface area contributed by atoms with Gasteiger partial charge in [-0.15, -0.1) is 0 Å². The van der Waals surface area contributed by atoms with E-state index in [1.807, 2.05) is 6.92 Å². The van der Waals surface area contributed by atoms with Gasteiger partial charge in [0.05, 0.1) is 12.4 Å². The van der Waals surface area contributed by atoms with E-state index in [1.165, 1.54) is 0 Å². The normalized spacial score (nSPS) is 25.9. The Kier molecular flexibility index (Phi) is 4.98. The summed E-state index contributed by atoms with van der Waals surface area (Å²) < 4.78 is 29.6. The van der Waals surface area contributed by atoms with E-state index in [1.54, 1.807) is 11.4 Å². The summed E-state index contributed by atoms with van der Waals surface area (Å²) in [5, 5.41) is 3.13. The molecule has 0 spiro atoms. The van der Waals surface area contributed by atoms with Crippen LogP contribution in [0.2, 0.25) is 0 Å². The van der Waals surface area contributed by atoms with E-state index < -0.39 is 10.0 Å². The maximum absolute atomic E-state index is 11.6. The fraction of sp³-hybridized carbons (Fsp3) is 1.00. The Balaban J connectivity index is 2.21. The van der Waals surface area contributed by atoms with Crippen molar-refractivity contribution in [3.05, 3.63) is 0 Å². The third kappa shape index (κ3) is 4.06. The summed E-state index contributed by atoms with van der Waals surface area (Å²) in [5.74, 6) is 0.555. The van der Waals surface area contributed by atoms with Gasteiger partial charge in [0.25, 0.3) is 0 Å². The smallest absolute Gasteiger partial charge is 0.214 e. The molecule has 1 saturated heterocycles. The minimum absolute atomic E-state index is 0.258. The molecule has 15 heavy (non-hydrogen) atoms. The van der Waals surface area contributed by atoms with Gasteiger partial charge in [-0.1, -0.05) is 6.92 Å². The third-order valence-electron chi connectivity index (χ3n) is 2.42. The molecule has 0 aliphatic carbocycles. The average Bonchev–Trinajstić information content (AvgIpc) is 2.39. The van der Waals surface area contributed by atoms with Crippen molar-refractivity contribution in [1.82, 2.24) is 9.62 Å². The molecule has 1 N–H and O–H groups in total. The maximum atomic E-state index is 11.6. The van der Waals surface area contributed by atoms with Crippen molar-refractivity contribution in [1.29, 1.82) is 0 Å². The second-order valence-corrected chi connectivity index (χ2v) is 6.00. The molecule has 1 aliphatic rings. The Labute approximate surface area is 91.8 Å². The van der Waals surface area contributed by atoms with Crippen molar-refractivity contribution < 1.29 is 13.2 Å². The first-order valence-electron chi connectivity index (χ1n) is 5.23. The summed E-state index contributed by atoms with van der Waals surface area (Å²) in [4.78, 5) is 0. The van der Waals surface area contributed by atoms with Crippen LogP contribution in [0.15, 0.2) is 0 Å². The number of nitrogens with zero attached hydrogens (tertiary/aromatic N) is 1. The van der Waals surface area contributed by atoms with Crippen molar-refractivity contribution in [2.24, 2.45) is 5.92 Å². The summed E-state index contributed by atoms with van der Waals surface area (Å²) in [5.41, 5.74) is 0. The lowest BCUT2D eigenvalue weighted by atomic mass is 10.2. The second kappa shape index (κ2) is 5.79. The number of ether oxygens (including phenoxy) is 1. The highest BCUT2D eigenvalue weighted by Crippen LogP contribution is 2.17. The van der Waals surface area contributed by atoms with Crippen LogP contribution in [-0.4, -0.2) is 58.4 Å². The first-order valence-corrected chi connectivity index (χ1v) is 6.84. The molecule has 6 heteroatoms. The Morgan fingerprint density at radius 1 is 1.47 bits per heavy atom. The van der Waals surface area contributed by atoms with Crippen LogP contribution in [-0.2, 0) is 14.8 Å². The zero-order chi connectivity index (χ0) is 11.3. The molecule has 0 aromatic carbocycles. The lowest BCUT2D eigenvalue weighted by Crippen LogP contribution is -2.34. The van der Waals surface area contributed by atoms with Crippen molar-refractivity contribution in [2.45, 2.75) is 6.92 Å². The van der Waals surface area contributed by atoms with Gasteiger partial charge < -0.3 is 10.1 Å². The molecule has 5 nitrogen and oxygen atoms in total. The summed E-state index contributed by atoms with van der Waals surface area (Å²) in [7, 11) is -1.32. The summed E-state index contributed by atoms with van der Waals surface area (Å²) in [6, 6.07) is 0. The lowest BCUT2D eigenvalue weighted by Gasteiger charge is -2.14. The van der Waals surface area contributed by atoms with E-state index in [4.69, 9.17) is 4.74 Å². The number of hydrogen-bond donors (Lipinski definition) is 1. The molecular formula is C9H20N2O3S. The van der Waals surface area contributed by atoms with E-state index in [0.717, 1.165) is 6.54 Å². The second-order valence-electron chi connectivity index (χ2n) is 3.98. The van der Waals surface area contributed by atoms with E-state index in [9.17, 15) is 8.42 Å². The number of nitrogens with one attached hydrogen (secondary N) is 1. The molecule has 0 aromatic heterocycles. The Hall–Kier alpha value is -0.170. The molecule has 90 valence electrons. The molecule has 1 heterocycles. The minimum atomic E-state index is -2.97. The molecular weight excluding hydrogens is 216 g/mol. The Morgan fingerprint density at radius 2 is 2.20 bits per heavy atom. The van der Waals surface area contributed by atoms with Gasteiger partial charge in [-0.05, 0) is 5.92 Å². The van der Waals surface area contributed by atoms with Crippen LogP contribution in [0.1, 0.15) is 6.92 Å². The zero-order valence-electron chi connectivity index (χ0n) is 9.40. The van der Waals surface area contributed by atoms with Gasteiger partial charge in [0, 0.05) is 33.3 Å². The summed E-state index contributed by atoms with van der Waals surface area (Å²) in [6.07, 6.45) is 0. The van der Waals surface area contributed by atoms with Crippen LogP contribution in [0, 0.1) is 5.92 Å². The standard InChI is InChI=1S/C9H20N2O3S/c1-9-7-11(15(12,13)8-9)5-3-10-4-6-14-2/h9-10H,3-8H2,1-2H3. The SMILES string of the molecule is COCCNCCN1CC(C)CS1(=O)=O. The zero-order valence-corrected chi connectivity index (χ0v) is 10.2. The molecule has 1 aliphatic heterocycles. The Bertz CT molecular complexity index is 279. The minimum Gasteiger partial charge on any atom is -0.383 e. The summed E-state index contributed by atoms with van der Waals surface area (Å²) in [6.45, 7) is 5.30. The van der Waals surface area contributed by atoms with E-state index in [0.29, 0.717) is 32.0 Å². The van der Waals surface area contributed by atoms with Crippen LogP contribution in [0.25, 0.3) is 0 Å². The van der Waals surface area contributed by atoms with E-state index >= 15 is 0 Å². The number of hydrogen-bond acceptors (Lipinski definition) is 4. The number of rotatable bonds is 6. The first-order chi connectivity index (χ1) is 7.06. The van der Waals surface area contributed by atoms with Crippen LogP contribution < -0.4 is 5.32 Å². The van der Waals surface area contributed by atoms with Crippen LogP contribution >= 0.6 is 0 Å². The molecule has 1 fully saturated rings. The molecule has 1 unspecified atom stereocenters. The molecule has 0 amide bonds. The molecule has 1 rings (SSSR count). The van der Waals surface area contributed by atoms with Crippen molar-refractivity contribution in [3.8, 4) is 0 Å². The Morgan fingerprint density at radius 3 is 2.73 bits per heavy atom. The van der Waals surface area contributed by atoms with Crippen molar-refractivity contribution in [2.75, 3.05) is 45.6 Å². The molecule has 0 radical (unpaired) electrons. The van der Waals surface area contributed by atoms with Gasteiger partial charge in [0.1, 0.15) is 0 Å². The van der Waals surface area contributed by atoms with Gasteiger partial charge in [-0.25, -0.2) is 12.7 Å². The summed E-state index contributed by atoms with van der Waals surface area (Å²) >= 11 is 0. The van der Waals surface area contributed by atoms with E-state index in [2.05, 4.69) is 5.32 Å². The monoisotopic (exact) mass is 236 g/mol. The highest BCUT2D eigenvalue weighted by molar-refractivity contribution is 7.89. The number of sulfonamides is 1. The first kappa shape index (κ1) is 12.9. The molecule has 1 atom stereocenters. The molecule has 0 bridgehead atoms. The van der Waals surface area contributed by atoms with E-state index in [-0.39, 0.29) is 5.92 Å². The highest BCUT2D eigenvalue weighted by atomic mass is 32.2. The predicted octanol–water partition coefficient (Wildman–Crippen LogP) is -0.496. The van der Waals surface area contributed by atoms with Gasteiger partial charge in [-0.2, -0.15) is 0 Å². The highest BCUT2D eigenvalue weighted by Gasteiger charge is 2.32. The van der Waals surface area contributed by atoms with Crippen LogP contribution in [0.5, 0.6) is 0 Å². The topological polar surface area (TPSA) is 58.6 Å². The fourth-order valence-corrected chi connectivity index (χ4v) is 3.60. The van der Waals surface area contributed by atoms with Gasteiger partial charge in [0.15, 0.2) is 0 Å².